The van der Waals surface area contributed by atoms with E-state index in [2.05, 4.69) is 10.6 Å². The fourth-order valence-electron chi connectivity index (χ4n) is 2.89. The first-order valence-corrected chi connectivity index (χ1v) is 7.52. The van der Waals surface area contributed by atoms with Gasteiger partial charge in [-0.2, -0.15) is 0 Å². The largest absolute Gasteiger partial charge is 0.353 e. The molecule has 0 aliphatic carbocycles. The number of nitrogens with zero attached hydrogens (tertiary/aromatic N) is 1. The Morgan fingerprint density at radius 3 is 2.58 bits per heavy atom. The molecule has 0 radical (unpaired) electrons. The van der Waals surface area contributed by atoms with Crippen LogP contribution >= 0.6 is 0 Å². The number of carbonyl (C=O) groups excluding carboxylic acids is 2. The second-order valence-electron chi connectivity index (χ2n) is 5.57. The molecule has 0 aromatic heterocycles. The maximum Gasteiger partial charge on any atom is 0.239 e. The van der Waals surface area contributed by atoms with E-state index in [0.29, 0.717) is 6.42 Å². The molecule has 1 unspecified atom stereocenters. The van der Waals surface area contributed by atoms with Crippen molar-refractivity contribution in [2.24, 2.45) is 0 Å². The molecule has 5 nitrogen and oxygen atoms in total. The molecule has 108 valence electrons. The molecule has 0 bridgehead atoms. The van der Waals surface area contributed by atoms with E-state index < -0.39 is 0 Å². The Bertz CT molecular complexity index is 319. The van der Waals surface area contributed by atoms with E-state index in [1.54, 1.807) is 0 Å². The van der Waals surface area contributed by atoms with Crippen molar-refractivity contribution in [3.05, 3.63) is 0 Å². The lowest BCUT2D eigenvalue weighted by molar-refractivity contribution is -0.134. The van der Waals surface area contributed by atoms with Gasteiger partial charge in [0.05, 0.1) is 6.04 Å². The summed E-state index contributed by atoms with van der Waals surface area (Å²) >= 11 is 0. The topological polar surface area (TPSA) is 61.4 Å². The van der Waals surface area contributed by atoms with Crippen LogP contribution in [0.5, 0.6) is 0 Å². The summed E-state index contributed by atoms with van der Waals surface area (Å²) in [6.45, 7) is 4.51. The van der Waals surface area contributed by atoms with Crippen molar-refractivity contribution in [2.75, 3.05) is 19.6 Å². The Kier molecular flexibility index (Phi) is 5.19. The molecule has 0 aromatic rings. The van der Waals surface area contributed by atoms with Gasteiger partial charge in [0, 0.05) is 25.6 Å². The van der Waals surface area contributed by atoms with Crippen molar-refractivity contribution >= 4 is 11.8 Å². The van der Waals surface area contributed by atoms with Gasteiger partial charge in [-0.05, 0) is 38.6 Å². The number of likely N-dealkylation sites (tertiary alicyclic amines) is 1. The minimum Gasteiger partial charge on any atom is -0.353 e. The summed E-state index contributed by atoms with van der Waals surface area (Å²) in [4.78, 5) is 25.7. The Morgan fingerprint density at radius 2 is 2.00 bits per heavy atom. The predicted molar refractivity (Wildman–Crippen MR) is 73.7 cm³/mol. The second kappa shape index (κ2) is 6.89. The summed E-state index contributed by atoms with van der Waals surface area (Å²) < 4.78 is 0. The second-order valence-corrected chi connectivity index (χ2v) is 5.57. The van der Waals surface area contributed by atoms with E-state index in [1.165, 1.54) is 0 Å². The molecule has 2 aliphatic heterocycles. The number of carbonyl (C=O) groups is 2. The molecule has 2 rings (SSSR count). The molecule has 2 aliphatic rings. The van der Waals surface area contributed by atoms with Crippen molar-refractivity contribution in [2.45, 2.75) is 57.5 Å². The normalized spacial score (nSPS) is 24.5. The van der Waals surface area contributed by atoms with Crippen molar-refractivity contribution in [3.8, 4) is 0 Å². The number of rotatable bonds is 4. The Hall–Kier alpha value is -1.10. The summed E-state index contributed by atoms with van der Waals surface area (Å²) in [6, 6.07) is 0.283. The van der Waals surface area contributed by atoms with Crippen molar-refractivity contribution in [3.63, 3.8) is 0 Å². The minimum atomic E-state index is 0.0335. The fourth-order valence-corrected chi connectivity index (χ4v) is 2.89. The van der Waals surface area contributed by atoms with Gasteiger partial charge in [0.1, 0.15) is 0 Å². The maximum atomic E-state index is 12.2. The minimum absolute atomic E-state index is 0.0335. The van der Waals surface area contributed by atoms with Gasteiger partial charge in [-0.25, -0.2) is 0 Å². The lowest BCUT2D eigenvalue weighted by Gasteiger charge is -2.33. The standard InChI is InChI=1S/C14H25N3O2/c1-2-4-13(18)16-11-6-9-17(10-7-11)14(19)12-5-3-8-15-12/h11-12,15H,2-10H2,1H3,(H,16,18). The molecule has 2 saturated heterocycles. The van der Waals surface area contributed by atoms with E-state index in [4.69, 9.17) is 0 Å². The highest BCUT2D eigenvalue weighted by Crippen LogP contribution is 2.15. The van der Waals surface area contributed by atoms with Crippen LogP contribution in [0.2, 0.25) is 0 Å². The zero-order valence-electron chi connectivity index (χ0n) is 11.8. The van der Waals surface area contributed by atoms with Crippen molar-refractivity contribution in [1.82, 2.24) is 15.5 Å². The quantitative estimate of drug-likeness (QED) is 0.786. The Labute approximate surface area is 115 Å². The van der Waals surface area contributed by atoms with Crippen LogP contribution in [0.15, 0.2) is 0 Å². The molecule has 0 aromatic carbocycles. The summed E-state index contributed by atoms with van der Waals surface area (Å²) in [7, 11) is 0. The van der Waals surface area contributed by atoms with Crippen LogP contribution in [0.1, 0.15) is 45.4 Å². The van der Waals surface area contributed by atoms with Crippen LogP contribution < -0.4 is 10.6 Å². The highest BCUT2D eigenvalue weighted by molar-refractivity contribution is 5.82. The Morgan fingerprint density at radius 1 is 1.26 bits per heavy atom. The highest BCUT2D eigenvalue weighted by atomic mass is 16.2. The van der Waals surface area contributed by atoms with Crippen molar-refractivity contribution < 1.29 is 9.59 Å². The summed E-state index contributed by atoms with van der Waals surface area (Å²) in [5, 5.41) is 6.31. The molecule has 2 N–H and O–H groups in total. The first-order chi connectivity index (χ1) is 9.20. The zero-order chi connectivity index (χ0) is 13.7. The Balaban J connectivity index is 1.72. The number of piperidine rings is 1. The SMILES string of the molecule is CCCC(=O)NC1CCN(C(=O)C2CCCN2)CC1. The van der Waals surface area contributed by atoms with Crippen LogP contribution in [0.3, 0.4) is 0 Å². The average Bonchev–Trinajstić information content (AvgIpc) is 2.93. The highest BCUT2D eigenvalue weighted by Gasteiger charge is 2.29. The summed E-state index contributed by atoms with van der Waals surface area (Å²) in [6.07, 6.45) is 5.31. The van der Waals surface area contributed by atoms with Gasteiger partial charge in [0.2, 0.25) is 11.8 Å². The zero-order valence-corrected chi connectivity index (χ0v) is 11.8. The third kappa shape index (κ3) is 3.93. The fraction of sp³-hybridized carbons (Fsp3) is 0.857. The first kappa shape index (κ1) is 14.3. The molecular formula is C14H25N3O2. The molecule has 1 atom stereocenters. The van der Waals surface area contributed by atoms with E-state index in [0.717, 1.165) is 51.7 Å². The third-order valence-corrected chi connectivity index (χ3v) is 4.01. The lowest BCUT2D eigenvalue weighted by atomic mass is 10.0. The van der Waals surface area contributed by atoms with Crippen LogP contribution in [0, 0.1) is 0 Å². The first-order valence-electron chi connectivity index (χ1n) is 7.52. The van der Waals surface area contributed by atoms with E-state index >= 15 is 0 Å². The lowest BCUT2D eigenvalue weighted by Crippen LogP contribution is -2.50. The molecule has 2 fully saturated rings. The maximum absolute atomic E-state index is 12.2. The van der Waals surface area contributed by atoms with Crippen LogP contribution in [0.25, 0.3) is 0 Å². The van der Waals surface area contributed by atoms with Crippen LogP contribution in [-0.4, -0.2) is 48.4 Å². The van der Waals surface area contributed by atoms with Gasteiger partial charge < -0.3 is 15.5 Å². The number of amides is 2. The smallest absolute Gasteiger partial charge is 0.239 e. The van der Waals surface area contributed by atoms with Crippen molar-refractivity contribution in [1.29, 1.82) is 0 Å². The van der Waals surface area contributed by atoms with Gasteiger partial charge in [-0.1, -0.05) is 6.92 Å². The molecule has 0 spiro atoms. The predicted octanol–water partition coefficient (Wildman–Crippen LogP) is 0.646. The summed E-state index contributed by atoms with van der Waals surface area (Å²) in [5.41, 5.74) is 0. The molecule has 2 amide bonds. The molecule has 19 heavy (non-hydrogen) atoms. The van der Waals surface area contributed by atoms with E-state index in [1.807, 2.05) is 11.8 Å². The summed E-state index contributed by atoms with van der Waals surface area (Å²) in [5.74, 6) is 0.389. The molecular weight excluding hydrogens is 242 g/mol. The monoisotopic (exact) mass is 267 g/mol. The number of nitrogens with one attached hydrogen (secondary N) is 2. The van der Waals surface area contributed by atoms with Gasteiger partial charge >= 0.3 is 0 Å². The van der Waals surface area contributed by atoms with Gasteiger partial charge in [0.15, 0.2) is 0 Å². The average molecular weight is 267 g/mol. The molecule has 2 heterocycles. The molecule has 0 saturated carbocycles. The van der Waals surface area contributed by atoms with Gasteiger partial charge in [-0.3, -0.25) is 9.59 Å². The number of hydrogen-bond donors (Lipinski definition) is 2. The van der Waals surface area contributed by atoms with Crippen LogP contribution in [0.4, 0.5) is 0 Å². The van der Waals surface area contributed by atoms with Crippen LogP contribution in [-0.2, 0) is 9.59 Å². The third-order valence-electron chi connectivity index (χ3n) is 4.01. The van der Waals surface area contributed by atoms with E-state index in [-0.39, 0.29) is 23.9 Å². The molecule has 5 heteroatoms. The van der Waals surface area contributed by atoms with Gasteiger partial charge in [0.25, 0.3) is 0 Å². The van der Waals surface area contributed by atoms with E-state index in [9.17, 15) is 9.59 Å². The van der Waals surface area contributed by atoms with Gasteiger partial charge in [-0.15, -0.1) is 0 Å². The number of hydrogen-bond acceptors (Lipinski definition) is 3.